The Hall–Kier alpha value is -3.18. The first-order chi connectivity index (χ1) is 18.9. The van der Waals surface area contributed by atoms with Crippen LogP contribution in [-0.2, 0) is 9.53 Å². The normalized spacial score (nSPS) is 25.3. The molecule has 0 radical (unpaired) electrons. The number of carbonyl (C=O) groups excluding carboxylic acids is 1. The third kappa shape index (κ3) is 5.60. The molecule has 3 aliphatic rings. The summed E-state index contributed by atoms with van der Waals surface area (Å²) in [7, 11) is 0. The largest absolute Gasteiger partial charge is 0.378 e. The Labute approximate surface area is 226 Å². The summed E-state index contributed by atoms with van der Waals surface area (Å²) in [5, 5.41) is 6.59. The summed E-state index contributed by atoms with van der Waals surface area (Å²) in [4.78, 5) is 27.5. The van der Waals surface area contributed by atoms with Crippen LogP contribution in [0.4, 0.5) is 14.6 Å². The number of hydrogen-bond donors (Lipinski definition) is 2. The molecule has 2 unspecified atom stereocenters. The fraction of sp³-hybridized carbons (Fsp3) is 0.571. The molecular weight excluding hydrogens is 504 g/mol. The van der Waals surface area contributed by atoms with Gasteiger partial charge in [0.25, 0.3) is 6.43 Å². The molecule has 2 aromatic heterocycles. The number of halogens is 2. The van der Waals surface area contributed by atoms with Gasteiger partial charge in [-0.15, -0.1) is 0 Å². The molecule has 2 atom stereocenters. The van der Waals surface area contributed by atoms with Crippen molar-refractivity contribution in [1.82, 2.24) is 30.2 Å². The van der Waals surface area contributed by atoms with Crippen molar-refractivity contribution in [1.29, 1.82) is 0 Å². The lowest BCUT2D eigenvalue weighted by atomic mass is 9.83. The molecule has 9 nitrogen and oxygen atoms in total. The van der Waals surface area contributed by atoms with Gasteiger partial charge in [-0.1, -0.05) is 6.07 Å². The summed E-state index contributed by atoms with van der Waals surface area (Å²) in [6, 6.07) is 7.82. The van der Waals surface area contributed by atoms with Crippen LogP contribution in [0.1, 0.15) is 68.7 Å². The molecule has 4 heterocycles. The molecule has 3 fully saturated rings. The first kappa shape index (κ1) is 26.1. The van der Waals surface area contributed by atoms with Gasteiger partial charge in [0.05, 0.1) is 30.3 Å². The van der Waals surface area contributed by atoms with Crippen LogP contribution in [0.2, 0.25) is 0 Å². The molecule has 1 saturated carbocycles. The second-order valence-electron chi connectivity index (χ2n) is 11.0. The molecule has 2 aliphatic heterocycles. The number of amides is 1. The van der Waals surface area contributed by atoms with Crippen molar-refractivity contribution in [2.45, 2.75) is 70.5 Å². The first-order valence-corrected chi connectivity index (χ1v) is 13.9. The molecule has 1 amide bonds. The third-order valence-electron chi connectivity index (χ3n) is 8.12. The zero-order chi connectivity index (χ0) is 27.1. The van der Waals surface area contributed by atoms with E-state index in [2.05, 4.69) is 20.5 Å². The van der Waals surface area contributed by atoms with Crippen molar-refractivity contribution in [3.8, 4) is 5.82 Å². The fourth-order valence-corrected chi connectivity index (χ4v) is 6.06. The molecule has 1 aliphatic carbocycles. The van der Waals surface area contributed by atoms with E-state index in [4.69, 9.17) is 14.7 Å². The molecule has 6 rings (SSSR count). The van der Waals surface area contributed by atoms with E-state index in [9.17, 15) is 13.6 Å². The number of alkyl halides is 2. The number of morpholine rings is 1. The Morgan fingerprint density at radius 1 is 1.10 bits per heavy atom. The number of rotatable bonds is 7. The lowest BCUT2D eigenvalue weighted by molar-refractivity contribution is -0.119. The molecule has 1 aromatic carbocycles. The highest BCUT2D eigenvalue weighted by atomic mass is 19.3. The van der Waals surface area contributed by atoms with Crippen molar-refractivity contribution >= 4 is 22.8 Å². The lowest BCUT2D eigenvalue weighted by Crippen LogP contribution is -2.37. The van der Waals surface area contributed by atoms with Gasteiger partial charge in [0.2, 0.25) is 5.91 Å². The monoisotopic (exact) mass is 539 g/mol. The molecule has 0 spiro atoms. The standard InChI is InChI=1S/C28H35F2N7O2/c1-16-3-8-20-22(13-16)37(28(33-20)26(29)30)24-15-23(36-9-11-39-12-10-36)34-27(35-24)25-21(32-25)14-18-4-6-19(7-5-18)31-17(2)38/h3,8,13,15,18-19,21,25-26,32H,4-7,9-12,14H2,1-2H3,(H,31,38). The van der Waals surface area contributed by atoms with Gasteiger partial charge in [-0.3, -0.25) is 9.36 Å². The van der Waals surface area contributed by atoms with E-state index in [1.54, 1.807) is 19.1 Å². The average Bonchev–Trinajstić information content (AvgIpc) is 3.59. The minimum Gasteiger partial charge on any atom is -0.378 e. The summed E-state index contributed by atoms with van der Waals surface area (Å²) in [5.74, 6) is 2.05. The van der Waals surface area contributed by atoms with Gasteiger partial charge in [0, 0.05) is 38.2 Å². The zero-order valence-electron chi connectivity index (χ0n) is 22.4. The highest BCUT2D eigenvalue weighted by Crippen LogP contribution is 2.38. The Morgan fingerprint density at radius 2 is 1.85 bits per heavy atom. The maximum absolute atomic E-state index is 14.2. The van der Waals surface area contributed by atoms with E-state index in [1.165, 1.54) is 4.57 Å². The van der Waals surface area contributed by atoms with E-state index in [-0.39, 0.29) is 29.9 Å². The van der Waals surface area contributed by atoms with Crippen LogP contribution >= 0.6 is 0 Å². The second-order valence-corrected chi connectivity index (χ2v) is 11.0. The number of ether oxygens (including phenoxy) is 1. The van der Waals surface area contributed by atoms with Crippen LogP contribution in [0.3, 0.4) is 0 Å². The van der Waals surface area contributed by atoms with E-state index in [0.717, 1.165) is 43.5 Å². The number of carbonyl (C=O) groups is 1. The van der Waals surface area contributed by atoms with E-state index < -0.39 is 6.43 Å². The molecule has 39 heavy (non-hydrogen) atoms. The number of fused-ring (bicyclic) bond motifs is 1. The lowest BCUT2D eigenvalue weighted by Gasteiger charge is -2.29. The zero-order valence-corrected chi connectivity index (χ0v) is 22.4. The highest BCUT2D eigenvalue weighted by molar-refractivity contribution is 5.79. The Bertz CT molecular complexity index is 1350. The number of hydrogen-bond acceptors (Lipinski definition) is 7. The van der Waals surface area contributed by atoms with Gasteiger partial charge in [-0.05, 0) is 62.6 Å². The maximum atomic E-state index is 14.2. The van der Waals surface area contributed by atoms with E-state index in [0.29, 0.717) is 54.9 Å². The van der Waals surface area contributed by atoms with Crippen LogP contribution < -0.4 is 15.5 Å². The smallest absolute Gasteiger partial charge is 0.296 e. The Kier molecular flexibility index (Phi) is 7.20. The van der Waals surface area contributed by atoms with Gasteiger partial charge in [-0.2, -0.15) is 0 Å². The predicted octanol–water partition coefficient (Wildman–Crippen LogP) is 4.00. The molecule has 3 aromatic rings. The average molecular weight is 540 g/mol. The van der Waals surface area contributed by atoms with Gasteiger partial charge in [0.15, 0.2) is 11.6 Å². The fourth-order valence-electron chi connectivity index (χ4n) is 6.06. The number of benzene rings is 1. The summed E-state index contributed by atoms with van der Waals surface area (Å²) >= 11 is 0. The van der Waals surface area contributed by atoms with E-state index >= 15 is 0 Å². The van der Waals surface area contributed by atoms with Crippen molar-refractivity contribution in [3.05, 3.63) is 41.5 Å². The van der Waals surface area contributed by atoms with Crippen LogP contribution in [-0.4, -0.2) is 63.8 Å². The minimum absolute atomic E-state index is 0.0238. The molecular formula is C28H35F2N7O2. The second kappa shape index (κ2) is 10.8. The van der Waals surface area contributed by atoms with Gasteiger partial charge in [0.1, 0.15) is 11.6 Å². The summed E-state index contributed by atoms with van der Waals surface area (Å²) in [6.07, 6.45) is 2.41. The summed E-state index contributed by atoms with van der Waals surface area (Å²) in [5.41, 5.74) is 2.09. The topological polar surface area (TPSA) is 107 Å². The molecule has 2 saturated heterocycles. The third-order valence-corrected chi connectivity index (χ3v) is 8.12. The van der Waals surface area contributed by atoms with Crippen molar-refractivity contribution in [2.24, 2.45) is 5.92 Å². The van der Waals surface area contributed by atoms with Crippen LogP contribution in [0.25, 0.3) is 16.9 Å². The Morgan fingerprint density at radius 3 is 2.56 bits per heavy atom. The van der Waals surface area contributed by atoms with Gasteiger partial charge in [-0.25, -0.2) is 23.7 Å². The number of nitrogens with zero attached hydrogens (tertiary/aromatic N) is 5. The number of aryl methyl sites for hydroxylation is 1. The van der Waals surface area contributed by atoms with Gasteiger partial charge < -0.3 is 20.3 Å². The highest BCUT2D eigenvalue weighted by Gasteiger charge is 2.42. The number of imidazole rings is 1. The first-order valence-electron chi connectivity index (χ1n) is 13.9. The maximum Gasteiger partial charge on any atom is 0.296 e. The van der Waals surface area contributed by atoms with Crippen molar-refractivity contribution in [2.75, 3.05) is 31.2 Å². The summed E-state index contributed by atoms with van der Waals surface area (Å²) in [6.45, 7) is 6.06. The molecule has 11 heteroatoms. The van der Waals surface area contributed by atoms with E-state index in [1.807, 2.05) is 19.1 Å². The van der Waals surface area contributed by atoms with Crippen LogP contribution in [0.5, 0.6) is 0 Å². The number of aromatic nitrogens is 4. The Balaban J connectivity index is 1.29. The molecule has 0 bridgehead atoms. The van der Waals surface area contributed by atoms with Gasteiger partial charge >= 0.3 is 0 Å². The van der Waals surface area contributed by atoms with Crippen molar-refractivity contribution in [3.63, 3.8) is 0 Å². The quantitative estimate of drug-likeness (QED) is 0.437. The molecule has 2 N–H and O–H groups in total. The summed E-state index contributed by atoms with van der Waals surface area (Å²) < 4.78 is 35.4. The van der Waals surface area contributed by atoms with Crippen LogP contribution in [0.15, 0.2) is 24.3 Å². The SMILES string of the molecule is CC(=O)NC1CCC(CC2NC2c2nc(N3CCOCC3)cc(-n3c(C(F)F)nc4ccc(C)cc43)n2)CC1. The minimum atomic E-state index is -2.75. The molecule has 208 valence electrons. The van der Waals surface area contributed by atoms with Crippen molar-refractivity contribution < 1.29 is 18.3 Å². The number of nitrogens with one attached hydrogen (secondary N) is 2. The van der Waals surface area contributed by atoms with Crippen LogP contribution in [0, 0.1) is 12.8 Å². The predicted molar refractivity (Wildman–Crippen MR) is 143 cm³/mol. The number of anilines is 1.